The molecule has 1 heterocycles. The van der Waals surface area contributed by atoms with Crippen LogP contribution >= 0.6 is 0 Å². The van der Waals surface area contributed by atoms with Crippen molar-refractivity contribution < 1.29 is 18.7 Å². The number of hydrogen-bond acceptors (Lipinski definition) is 4. The molecule has 0 spiro atoms. The summed E-state index contributed by atoms with van der Waals surface area (Å²) in [7, 11) is 1.53. The van der Waals surface area contributed by atoms with Crippen molar-refractivity contribution in [1.82, 2.24) is 5.32 Å². The SMILES string of the molecule is CCc1ccc(C(=O)NCC(=O)Nc2cc(C)ccc2OC)o1. The van der Waals surface area contributed by atoms with Crippen molar-refractivity contribution in [3.8, 4) is 5.75 Å². The van der Waals surface area contributed by atoms with Gasteiger partial charge in [-0.2, -0.15) is 0 Å². The molecule has 2 rings (SSSR count). The number of rotatable bonds is 6. The third-order valence-corrected chi connectivity index (χ3v) is 3.27. The van der Waals surface area contributed by atoms with E-state index in [-0.39, 0.29) is 18.2 Å². The summed E-state index contributed by atoms with van der Waals surface area (Å²) in [6.07, 6.45) is 0.709. The number of furan rings is 1. The standard InChI is InChI=1S/C17H20N2O4/c1-4-12-6-8-15(23-12)17(21)18-10-16(20)19-13-9-11(2)5-7-14(13)22-3/h5-9H,4,10H2,1-3H3,(H,18,21)(H,19,20). The summed E-state index contributed by atoms with van der Waals surface area (Å²) in [4.78, 5) is 23.9. The summed E-state index contributed by atoms with van der Waals surface area (Å²) in [5.41, 5.74) is 1.56. The van der Waals surface area contributed by atoms with Crippen molar-refractivity contribution in [2.45, 2.75) is 20.3 Å². The number of amides is 2. The van der Waals surface area contributed by atoms with Crippen LogP contribution in [0.25, 0.3) is 0 Å². The normalized spacial score (nSPS) is 10.2. The van der Waals surface area contributed by atoms with Crippen LogP contribution in [0.3, 0.4) is 0 Å². The van der Waals surface area contributed by atoms with Crippen LogP contribution in [0.2, 0.25) is 0 Å². The summed E-state index contributed by atoms with van der Waals surface area (Å²) < 4.78 is 10.5. The van der Waals surface area contributed by atoms with Crippen LogP contribution in [0.4, 0.5) is 5.69 Å². The fourth-order valence-electron chi connectivity index (χ4n) is 2.05. The van der Waals surface area contributed by atoms with Crippen molar-refractivity contribution in [2.75, 3.05) is 19.0 Å². The Hall–Kier alpha value is -2.76. The van der Waals surface area contributed by atoms with Crippen LogP contribution in [0.5, 0.6) is 5.75 Å². The Labute approximate surface area is 134 Å². The second kappa shape index (κ2) is 7.49. The van der Waals surface area contributed by atoms with Crippen LogP contribution in [-0.4, -0.2) is 25.5 Å². The smallest absolute Gasteiger partial charge is 0.287 e. The third-order valence-electron chi connectivity index (χ3n) is 3.27. The number of methoxy groups -OCH3 is 1. The van der Waals surface area contributed by atoms with Gasteiger partial charge in [-0.25, -0.2) is 0 Å². The first kappa shape index (κ1) is 16.6. The molecule has 2 N–H and O–H groups in total. The van der Waals surface area contributed by atoms with E-state index in [9.17, 15) is 9.59 Å². The Bertz CT molecular complexity index is 706. The molecule has 2 amide bonds. The van der Waals surface area contributed by atoms with Gasteiger partial charge in [-0.3, -0.25) is 9.59 Å². The fourth-order valence-corrected chi connectivity index (χ4v) is 2.05. The first-order chi connectivity index (χ1) is 11.0. The predicted molar refractivity (Wildman–Crippen MR) is 86.8 cm³/mol. The monoisotopic (exact) mass is 316 g/mol. The zero-order valence-corrected chi connectivity index (χ0v) is 13.4. The molecule has 0 fully saturated rings. The average molecular weight is 316 g/mol. The highest BCUT2D eigenvalue weighted by Gasteiger charge is 2.13. The largest absolute Gasteiger partial charge is 0.495 e. The van der Waals surface area contributed by atoms with Gasteiger partial charge in [-0.15, -0.1) is 0 Å². The Kier molecular flexibility index (Phi) is 5.41. The van der Waals surface area contributed by atoms with Crippen LogP contribution in [0.1, 0.15) is 28.8 Å². The highest BCUT2D eigenvalue weighted by Crippen LogP contribution is 2.24. The first-order valence-corrected chi connectivity index (χ1v) is 7.35. The van der Waals surface area contributed by atoms with E-state index < -0.39 is 5.91 Å². The molecule has 0 aliphatic rings. The molecule has 1 aromatic heterocycles. The van der Waals surface area contributed by atoms with Gasteiger partial charge < -0.3 is 19.8 Å². The average Bonchev–Trinajstić information content (AvgIpc) is 3.02. The summed E-state index contributed by atoms with van der Waals surface area (Å²) in [5.74, 6) is 0.723. The molecule has 0 saturated heterocycles. The van der Waals surface area contributed by atoms with Crippen LogP contribution in [0.15, 0.2) is 34.7 Å². The van der Waals surface area contributed by atoms with Gasteiger partial charge in [0.25, 0.3) is 5.91 Å². The van der Waals surface area contributed by atoms with Crippen LogP contribution in [0, 0.1) is 6.92 Å². The fraction of sp³-hybridized carbons (Fsp3) is 0.294. The molecule has 23 heavy (non-hydrogen) atoms. The molecule has 1 aromatic carbocycles. The highest BCUT2D eigenvalue weighted by atomic mass is 16.5. The van der Waals surface area contributed by atoms with E-state index in [1.54, 1.807) is 24.3 Å². The number of carbonyl (C=O) groups is 2. The lowest BCUT2D eigenvalue weighted by molar-refractivity contribution is -0.115. The van der Waals surface area contributed by atoms with E-state index in [4.69, 9.17) is 9.15 Å². The quantitative estimate of drug-likeness (QED) is 0.858. The molecule has 0 bridgehead atoms. The van der Waals surface area contributed by atoms with Gasteiger partial charge in [0.2, 0.25) is 5.91 Å². The topological polar surface area (TPSA) is 80.6 Å². The second-order valence-electron chi connectivity index (χ2n) is 5.05. The van der Waals surface area contributed by atoms with E-state index in [0.29, 0.717) is 17.9 Å². The van der Waals surface area contributed by atoms with Gasteiger partial charge in [-0.1, -0.05) is 13.0 Å². The zero-order chi connectivity index (χ0) is 16.8. The second-order valence-corrected chi connectivity index (χ2v) is 5.05. The van der Waals surface area contributed by atoms with E-state index in [1.165, 1.54) is 7.11 Å². The van der Waals surface area contributed by atoms with Gasteiger partial charge >= 0.3 is 0 Å². The number of ether oxygens (including phenoxy) is 1. The maximum absolute atomic E-state index is 12.0. The molecule has 122 valence electrons. The molecule has 0 aliphatic carbocycles. The number of anilines is 1. The molecular weight excluding hydrogens is 296 g/mol. The number of aryl methyl sites for hydroxylation is 2. The maximum Gasteiger partial charge on any atom is 0.287 e. The lowest BCUT2D eigenvalue weighted by Gasteiger charge is -2.11. The number of nitrogens with one attached hydrogen (secondary N) is 2. The summed E-state index contributed by atoms with van der Waals surface area (Å²) >= 11 is 0. The number of hydrogen-bond donors (Lipinski definition) is 2. The van der Waals surface area contributed by atoms with Crippen molar-refractivity contribution in [2.24, 2.45) is 0 Å². The lowest BCUT2D eigenvalue weighted by Crippen LogP contribution is -2.32. The van der Waals surface area contributed by atoms with Gasteiger partial charge in [0, 0.05) is 6.42 Å². The Balaban J connectivity index is 1.92. The van der Waals surface area contributed by atoms with E-state index in [1.807, 2.05) is 19.9 Å². The summed E-state index contributed by atoms with van der Waals surface area (Å²) in [6.45, 7) is 3.69. The molecule has 6 nitrogen and oxygen atoms in total. The molecule has 6 heteroatoms. The molecule has 2 aromatic rings. The minimum absolute atomic E-state index is 0.155. The molecule has 0 unspecified atom stereocenters. The molecular formula is C17H20N2O4. The summed E-state index contributed by atoms with van der Waals surface area (Å²) in [6, 6.07) is 8.80. The Morgan fingerprint density at radius 3 is 2.65 bits per heavy atom. The van der Waals surface area contributed by atoms with Crippen LogP contribution in [-0.2, 0) is 11.2 Å². The van der Waals surface area contributed by atoms with Gasteiger partial charge in [0.15, 0.2) is 5.76 Å². The van der Waals surface area contributed by atoms with Gasteiger partial charge in [0.05, 0.1) is 19.3 Å². The minimum atomic E-state index is -0.420. The third kappa shape index (κ3) is 4.35. The molecule has 0 radical (unpaired) electrons. The minimum Gasteiger partial charge on any atom is -0.495 e. The van der Waals surface area contributed by atoms with Crippen molar-refractivity contribution >= 4 is 17.5 Å². The first-order valence-electron chi connectivity index (χ1n) is 7.35. The zero-order valence-electron chi connectivity index (χ0n) is 13.4. The van der Waals surface area contributed by atoms with Gasteiger partial charge in [0.1, 0.15) is 11.5 Å². The Morgan fingerprint density at radius 1 is 1.22 bits per heavy atom. The molecule has 0 saturated carbocycles. The highest BCUT2D eigenvalue weighted by molar-refractivity contribution is 5.98. The molecule has 0 atom stereocenters. The lowest BCUT2D eigenvalue weighted by atomic mass is 10.2. The van der Waals surface area contributed by atoms with Crippen molar-refractivity contribution in [1.29, 1.82) is 0 Å². The van der Waals surface area contributed by atoms with E-state index >= 15 is 0 Å². The number of benzene rings is 1. The van der Waals surface area contributed by atoms with Crippen molar-refractivity contribution in [3.63, 3.8) is 0 Å². The molecule has 0 aliphatic heterocycles. The Morgan fingerprint density at radius 2 is 2.00 bits per heavy atom. The number of carbonyl (C=O) groups excluding carboxylic acids is 2. The van der Waals surface area contributed by atoms with Gasteiger partial charge in [-0.05, 0) is 36.8 Å². The maximum atomic E-state index is 12.0. The summed E-state index contributed by atoms with van der Waals surface area (Å²) in [5, 5.41) is 5.24. The van der Waals surface area contributed by atoms with E-state index in [2.05, 4.69) is 10.6 Å². The van der Waals surface area contributed by atoms with Crippen molar-refractivity contribution in [3.05, 3.63) is 47.4 Å². The van der Waals surface area contributed by atoms with E-state index in [0.717, 1.165) is 11.3 Å². The van der Waals surface area contributed by atoms with Crippen LogP contribution < -0.4 is 15.4 Å². The predicted octanol–water partition coefficient (Wildman–Crippen LogP) is 2.53.